The van der Waals surface area contributed by atoms with E-state index in [1.165, 1.54) is 19.3 Å². The molecule has 4 fully saturated rings. The highest BCUT2D eigenvalue weighted by Crippen LogP contribution is 2.68. The predicted molar refractivity (Wildman–Crippen MR) is 89.7 cm³/mol. The largest absolute Gasteiger partial charge is 0.393 e. The summed E-state index contributed by atoms with van der Waals surface area (Å²) in [5, 5.41) is 31.5. The van der Waals surface area contributed by atoms with Crippen LogP contribution in [-0.4, -0.2) is 33.1 Å². The molecule has 0 radical (unpaired) electrons. The molecule has 0 amide bonds. The molecular formula is C20H34O3. The molecule has 0 saturated heterocycles. The lowest BCUT2D eigenvalue weighted by Gasteiger charge is -2.61. The van der Waals surface area contributed by atoms with E-state index in [4.69, 9.17) is 0 Å². The van der Waals surface area contributed by atoms with Gasteiger partial charge in [0.25, 0.3) is 0 Å². The lowest BCUT2D eigenvalue weighted by atomic mass is 9.44. The van der Waals surface area contributed by atoms with Crippen molar-refractivity contribution in [1.29, 1.82) is 0 Å². The fraction of sp³-hybridized carbons (Fsp3) is 1.00. The second kappa shape index (κ2) is 4.95. The molecular weight excluding hydrogens is 288 g/mol. The van der Waals surface area contributed by atoms with Crippen molar-refractivity contribution in [2.45, 2.75) is 89.9 Å². The van der Waals surface area contributed by atoms with Crippen molar-refractivity contribution in [3.05, 3.63) is 0 Å². The minimum absolute atomic E-state index is 0.0903. The standard InChI is InChI=1S/C20H34O3/c1-18-8-6-13(21)10-12(18)4-5-14-15(18)7-9-19(2)16(14)11-17(22)20(19,3)23/h12-17,21-23H,4-11H2,1-3H3/t12-,13+,14-,15+,16+,17+,18+,19+,20+/m1/s1. The van der Waals surface area contributed by atoms with Crippen molar-refractivity contribution in [1.82, 2.24) is 0 Å². The maximum absolute atomic E-state index is 11.0. The van der Waals surface area contributed by atoms with Crippen LogP contribution in [0.4, 0.5) is 0 Å². The fourth-order valence-corrected chi connectivity index (χ4v) is 7.47. The van der Waals surface area contributed by atoms with E-state index < -0.39 is 11.7 Å². The van der Waals surface area contributed by atoms with Gasteiger partial charge in [0.05, 0.1) is 17.8 Å². The Morgan fingerprint density at radius 3 is 2.30 bits per heavy atom. The van der Waals surface area contributed by atoms with Gasteiger partial charge < -0.3 is 15.3 Å². The van der Waals surface area contributed by atoms with Crippen molar-refractivity contribution < 1.29 is 15.3 Å². The quantitative estimate of drug-likeness (QED) is 0.642. The molecule has 0 aromatic carbocycles. The highest BCUT2D eigenvalue weighted by Gasteiger charge is 2.66. The molecule has 4 aliphatic carbocycles. The SMILES string of the molecule is C[C@]12CC[C@H](O)C[C@H]1CC[C@@H]1[C@@H]2CC[C@@]2(C)[C@H]1C[C@H](O)[C@]2(C)O. The molecule has 132 valence electrons. The molecule has 4 saturated carbocycles. The van der Waals surface area contributed by atoms with Crippen LogP contribution >= 0.6 is 0 Å². The van der Waals surface area contributed by atoms with Gasteiger partial charge in [-0.3, -0.25) is 0 Å². The Hall–Kier alpha value is -0.120. The van der Waals surface area contributed by atoms with Crippen molar-refractivity contribution >= 4 is 0 Å². The van der Waals surface area contributed by atoms with Crippen LogP contribution < -0.4 is 0 Å². The lowest BCUT2D eigenvalue weighted by Crippen LogP contribution is -2.57. The predicted octanol–water partition coefficient (Wildman–Crippen LogP) is 3.11. The maximum atomic E-state index is 11.0. The molecule has 0 bridgehead atoms. The van der Waals surface area contributed by atoms with Gasteiger partial charge in [0.1, 0.15) is 0 Å². The maximum Gasteiger partial charge on any atom is 0.0933 e. The van der Waals surface area contributed by atoms with E-state index in [9.17, 15) is 15.3 Å². The molecule has 0 aromatic heterocycles. The monoisotopic (exact) mass is 322 g/mol. The van der Waals surface area contributed by atoms with Gasteiger partial charge in [-0.15, -0.1) is 0 Å². The van der Waals surface area contributed by atoms with Crippen LogP contribution in [0.2, 0.25) is 0 Å². The number of aliphatic hydroxyl groups excluding tert-OH is 2. The van der Waals surface area contributed by atoms with Gasteiger partial charge in [0.2, 0.25) is 0 Å². The second-order valence-corrected chi connectivity index (χ2v) is 9.94. The Kier molecular flexibility index (Phi) is 3.52. The van der Waals surface area contributed by atoms with Gasteiger partial charge in [-0.25, -0.2) is 0 Å². The highest BCUT2D eigenvalue weighted by molar-refractivity contribution is 5.15. The molecule has 0 spiro atoms. The molecule has 3 heteroatoms. The highest BCUT2D eigenvalue weighted by atomic mass is 16.3. The topological polar surface area (TPSA) is 60.7 Å². The Morgan fingerprint density at radius 2 is 1.57 bits per heavy atom. The van der Waals surface area contributed by atoms with Crippen molar-refractivity contribution in [2.24, 2.45) is 34.5 Å². The first kappa shape index (κ1) is 16.4. The minimum Gasteiger partial charge on any atom is -0.393 e. The summed E-state index contributed by atoms with van der Waals surface area (Å²) in [6, 6.07) is 0. The first-order valence-electron chi connectivity index (χ1n) is 9.78. The second-order valence-electron chi connectivity index (χ2n) is 9.94. The van der Waals surface area contributed by atoms with E-state index in [-0.39, 0.29) is 11.5 Å². The van der Waals surface area contributed by atoms with E-state index in [1.807, 2.05) is 6.92 Å². The average Bonchev–Trinajstić information content (AvgIpc) is 2.67. The molecule has 4 rings (SSSR count). The van der Waals surface area contributed by atoms with Crippen LogP contribution in [-0.2, 0) is 0 Å². The third-order valence-corrected chi connectivity index (χ3v) is 9.31. The van der Waals surface area contributed by atoms with Crippen molar-refractivity contribution in [2.75, 3.05) is 0 Å². The van der Waals surface area contributed by atoms with Crippen LogP contribution in [0, 0.1) is 34.5 Å². The zero-order valence-electron chi connectivity index (χ0n) is 15.0. The van der Waals surface area contributed by atoms with Crippen LogP contribution in [0.5, 0.6) is 0 Å². The summed E-state index contributed by atoms with van der Waals surface area (Å²) in [5.74, 6) is 2.49. The molecule has 4 aliphatic rings. The first-order valence-corrected chi connectivity index (χ1v) is 9.78. The van der Waals surface area contributed by atoms with Gasteiger partial charge in [0.15, 0.2) is 0 Å². The Bertz CT molecular complexity index is 489. The average molecular weight is 322 g/mol. The van der Waals surface area contributed by atoms with Crippen LogP contribution in [0.1, 0.15) is 72.1 Å². The van der Waals surface area contributed by atoms with Gasteiger partial charge in [-0.2, -0.15) is 0 Å². The Labute approximate surface area is 140 Å². The molecule has 9 atom stereocenters. The van der Waals surface area contributed by atoms with Crippen LogP contribution in [0.25, 0.3) is 0 Å². The zero-order chi connectivity index (χ0) is 16.6. The molecule has 0 aromatic rings. The van der Waals surface area contributed by atoms with Crippen molar-refractivity contribution in [3.8, 4) is 0 Å². The van der Waals surface area contributed by atoms with Gasteiger partial charge in [-0.05, 0) is 87.4 Å². The zero-order valence-corrected chi connectivity index (χ0v) is 15.0. The van der Waals surface area contributed by atoms with E-state index >= 15 is 0 Å². The summed E-state index contributed by atoms with van der Waals surface area (Å²) >= 11 is 0. The van der Waals surface area contributed by atoms with E-state index in [1.54, 1.807) is 0 Å². The summed E-state index contributed by atoms with van der Waals surface area (Å²) < 4.78 is 0. The first-order chi connectivity index (χ1) is 10.7. The van der Waals surface area contributed by atoms with E-state index in [0.29, 0.717) is 29.1 Å². The summed E-state index contributed by atoms with van der Waals surface area (Å²) in [6.07, 6.45) is 7.87. The lowest BCUT2D eigenvalue weighted by molar-refractivity contribution is -0.164. The Balaban J connectivity index is 1.65. The molecule has 23 heavy (non-hydrogen) atoms. The number of fused-ring (bicyclic) bond motifs is 5. The van der Waals surface area contributed by atoms with Crippen molar-refractivity contribution in [3.63, 3.8) is 0 Å². The van der Waals surface area contributed by atoms with Gasteiger partial charge in [0, 0.05) is 5.41 Å². The third kappa shape index (κ3) is 1.99. The molecule has 3 N–H and O–H groups in total. The summed E-state index contributed by atoms with van der Waals surface area (Å²) in [4.78, 5) is 0. The van der Waals surface area contributed by atoms with E-state index in [2.05, 4.69) is 13.8 Å². The minimum atomic E-state index is -0.941. The van der Waals surface area contributed by atoms with Gasteiger partial charge >= 0.3 is 0 Å². The molecule has 0 heterocycles. The molecule has 0 aliphatic heterocycles. The number of hydrogen-bond donors (Lipinski definition) is 3. The van der Waals surface area contributed by atoms with E-state index in [0.717, 1.165) is 32.1 Å². The van der Waals surface area contributed by atoms with Crippen LogP contribution in [0.3, 0.4) is 0 Å². The summed E-state index contributed by atoms with van der Waals surface area (Å²) in [5.41, 5.74) is -0.711. The van der Waals surface area contributed by atoms with Gasteiger partial charge in [-0.1, -0.05) is 13.8 Å². The Morgan fingerprint density at radius 1 is 0.826 bits per heavy atom. The smallest absolute Gasteiger partial charge is 0.0933 e. The fourth-order valence-electron chi connectivity index (χ4n) is 7.47. The third-order valence-electron chi connectivity index (χ3n) is 9.31. The van der Waals surface area contributed by atoms with Crippen LogP contribution in [0.15, 0.2) is 0 Å². The number of aliphatic hydroxyl groups is 3. The number of rotatable bonds is 0. The normalized spacial score (nSPS) is 62.3. The molecule has 0 unspecified atom stereocenters. The summed E-state index contributed by atoms with van der Waals surface area (Å²) in [7, 11) is 0. The number of hydrogen-bond acceptors (Lipinski definition) is 3. The summed E-state index contributed by atoms with van der Waals surface area (Å²) in [6.45, 7) is 6.57. The molecule has 3 nitrogen and oxygen atoms in total.